The largest absolute Gasteiger partial charge is 0.316 e. The van der Waals surface area contributed by atoms with Gasteiger partial charge in [0.05, 0.1) is 11.4 Å². The van der Waals surface area contributed by atoms with Crippen LogP contribution < -0.4 is 0 Å². The van der Waals surface area contributed by atoms with Crippen LogP contribution in [0.4, 0.5) is 0 Å². The third-order valence-electron chi connectivity index (χ3n) is 3.41. The van der Waals surface area contributed by atoms with Gasteiger partial charge >= 0.3 is 7.52 Å². The first-order valence-electron chi connectivity index (χ1n) is 6.19. The fourth-order valence-corrected chi connectivity index (χ4v) is 5.52. The molecule has 9 heteroatoms. The first-order chi connectivity index (χ1) is 9.70. The van der Waals surface area contributed by atoms with Crippen LogP contribution in [0.25, 0.3) is 0 Å². The SMILES string of the molecule is COP1(=O)CN(S(=O)(=O)c2ccc(C)cc2)CC(=O)N1C. The number of nitrogens with zero attached hydrogens (tertiary/aromatic N) is 2. The number of hydrogen-bond acceptors (Lipinski definition) is 5. The minimum Gasteiger partial charge on any atom is -0.316 e. The van der Waals surface area contributed by atoms with E-state index in [4.69, 9.17) is 4.52 Å². The zero-order valence-electron chi connectivity index (χ0n) is 12.0. The lowest BCUT2D eigenvalue weighted by Gasteiger charge is -2.36. The lowest BCUT2D eigenvalue weighted by atomic mass is 10.2. The van der Waals surface area contributed by atoms with Gasteiger partial charge in [-0.3, -0.25) is 14.0 Å². The van der Waals surface area contributed by atoms with Gasteiger partial charge in [0.25, 0.3) is 0 Å². The predicted molar refractivity (Wildman–Crippen MR) is 77.3 cm³/mol. The summed E-state index contributed by atoms with van der Waals surface area (Å²) < 4.78 is 44.3. The summed E-state index contributed by atoms with van der Waals surface area (Å²) >= 11 is 0. The molecule has 7 nitrogen and oxygen atoms in total. The summed E-state index contributed by atoms with van der Waals surface area (Å²) in [6.45, 7) is 1.50. The van der Waals surface area contributed by atoms with Crippen molar-refractivity contribution in [2.75, 3.05) is 27.0 Å². The van der Waals surface area contributed by atoms with Gasteiger partial charge in [0.15, 0.2) is 0 Å². The Labute approximate surface area is 124 Å². The molecule has 1 saturated heterocycles. The quantitative estimate of drug-likeness (QED) is 0.778. The molecule has 0 aromatic heterocycles. The summed E-state index contributed by atoms with van der Waals surface area (Å²) in [5, 5.41) is 0. The molecule has 21 heavy (non-hydrogen) atoms. The maximum absolute atomic E-state index is 12.5. The Balaban J connectivity index is 2.39. The Bertz CT molecular complexity index is 701. The summed E-state index contributed by atoms with van der Waals surface area (Å²) in [6, 6.07) is 6.26. The third kappa shape index (κ3) is 2.89. The maximum Gasteiger partial charge on any atom is 0.312 e. The van der Waals surface area contributed by atoms with Crippen molar-refractivity contribution in [1.82, 2.24) is 8.98 Å². The monoisotopic (exact) mass is 332 g/mol. The van der Waals surface area contributed by atoms with Crippen LogP contribution in [0.2, 0.25) is 0 Å². The summed E-state index contributed by atoms with van der Waals surface area (Å²) in [4.78, 5) is 11.9. The first kappa shape index (κ1) is 16.2. The molecule has 0 spiro atoms. The molecule has 1 atom stereocenters. The number of benzene rings is 1. The number of rotatable bonds is 3. The summed E-state index contributed by atoms with van der Waals surface area (Å²) in [5.41, 5.74) is 0.922. The van der Waals surface area contributed by atoms with Crippen LogP contribution in [0.1, 0.15) is 5.56 Å². The molecule has 0 aliphatic carbocycles. The Hall–Kier alpha value is -1.21. The lowest BCUT2D eigenvalue weighted by molar-refractivity contribution is -0.127. The molecular weight excluding hydrogens is 315 g/mol. The summed E-state index contributed by atoms with van der Waals surface area (Å²) in [5.74, 6) is -0.554. The molecule has 2 rings (SSSR count). The molecule has 1 fully saturated rings. The predicted octanol–water partition coefficient (Wildman–Crippen LogP) is 1.25. The topological polar surface area (TPSA) is 84.0 Å². The number of carbonyl (C=O) groups excluding carboxylic acids is 1. The Morgan fingerprint density at radius 3 is 2.33 bits per heavy atom. The molecule has 1 heterocycles. The van der Waals surface area contributed by atoms with Gasteiger partial charge in [0.2, 0.25) is 15.9 Å². The van der Waals surface area contributed by atoms with Crippen LogP contribution in [0.3, 0.4) is 0 Å². The maximum atomic E-state index is 12.5. The van der Waals surface area contributed by atoms with Gasteiger partial charge in [-0.15, -0.1) is 0 Å². The van der Waals surface area contributed by atoms with Gasteiger partial charge in [-0.2, -0.15) is 4.31 Å². The zero-order chi connectivity index (χ0) is 15.8. The van der Waals surface area contributed by atoms with Crippen molar-refractivity contribution in [2.45, 2.75) is 11.8 Å². The van der Waals surface area contributed by atoms with E-state index in [0.717, 1.165) is 14.5 Å². The standard InChI is InChI=1S/C12H17N2O5PS/c1-10-4-6-11(7-5-10)21(17,18)14-8-12(15)13(2)20(16,9-14)19-3/h4-7H,8-9H2,1-3H3. The average Bonchev–Trinajstić information content (AvgIpc) is 2.44. The van der Waals surface area contributed by atoms with Gasteiger partial charge in [0, 0.05) is 14.2 Å². The molecule has 1 aromatic carbocycles. The Morgan fingerprint density at radius 2 is 1.81 bits per heavy atom. The molecule has 116 valence electrons. The van der Waals surface area contributed by atoms with E-state index in [9.17, 15) is 17.8 Å². The second-order valence-electron chi connectivity index (χ2n) is 4.81. The van der Waals surface area contributed by atoms with E-state index < -0.39 is 23.5 Å². The fraction of sp³-hybridized carbons (Fsp3) is 0.417. The van der Waals surface area contributed by atoms with Gasteiger partial charge in [-0.05, 0) is 19.1 Å². The highest BCUT2D eigenvalue weighted by molar-refractivity contribution is 7.89. The van der Waals surface area contributed by atoms with Crippen LogP contribution in [0.5, 0.6) is 0 Å². The molecule has 1 aromatic rings. The number of likely N-dealkylation sites (N-methyl/N-ethyl adjacent to an activating group) is 1. The number of hydrogen-bond donors (Lipinski definition) is 0. The van der Waals surface area contributed by atoms with E-state index in [-0.39, 0.29) is 17.7 Å². The number of carbonyl (C=O) groups is 1. The molecule has 0 saturated carbocycles. The molecule has 1 aliphatic heterocycles. The molecule has 0 radical (unpaired) electrons. The average molecular weight is 332 g/mol. The van der Waals surface area contributed by atoms with Gasteiger partial charge in [-0.25, -0.2) is 8.42 Å². The normalized spacial score (nSPS) is 24.3. The lowest BCUT2D eigenvalue weighted by Crippen LogP contribution is -2.47. The van der Waals surface area contributed by atoms with Crippen LogP contribution in [0, 0.1) is 6.92 Å². The van der Waals surface area contributed by atoms with Crippen molar-refractivity contribution in [3.63, 3.8) is 0 Å². The van der Waals surface area contributed by atoms with Gasteiger partial charge in [0.1, 0.15) is 6.29 Å². The first-order valence-corrected chi connectivity index (χ1v) is 9.39. The highest BCUT2D eigenvalue weighted by Crippen LogP contribution is 2.52. The molecule has 1 amide bonds. The van der Waals surface area contributed by atoms with E-state index in [2.05, 4.69) is 0 Å². The molecule has 0 bridgehead atoms. The molecular formula is C12H17N2O5PS. The van der Waals surface area contributed by atoms with Gasteiger partial charge < -0.3 is 4.52 Å². The summed E-state index contributed by atoms with van der Waals surface area (Å²) in [6.07, 6.45) is -0.345. The van der Waals surface area contributed by atoms with Crippen molar-refractivity contribution in [1.29, 1.82) is 0 Å². The van der Waals surface area contributed by atoms with E-state index in [1.165, 1.54) is 26.3 Å². The Kier molecular flexibility index (Phi) is 4.26. The van der Waals surface area contributed by atoms with Crippen molar-refractivity contribution >= 4 is 23.5 Å². The molecule has 1 unspecified atom stereocenters. The highest BCUT2D eigenvalue weighted by Gasteiger charge is 2.44. The zero-order valence-corrected chi connectivity index (χ0v) is 13.7. The second-order valence-corrected chi connectivity index (χ2v) is 9.27. The van der Waals surface area contributed by atoms with Crippen LogP contribution >= 0.6 is 7.52 Å². The molecule has 0 N–H and O–H groups in total. The third-order valence-corrected chi connectivity index (χ3v) is 7.81. The minimum absolute atomic E-state index is 0.0631. The number of amides is 1. The number of aryl methyl sites for hydroxylation is 1. The van der Waals surface area contributed by atoms with E-state index in [0.29, 0.717) is 0 Å². The number of sulfonamides is 1. The van der Waals surface area contributed by atoms with Crippen molar-refractivity contribution in [3.05, 3.63) is 29.8 Å². The van der Waals surface area contributed by atoms with E-state index >= 15 is 0 Å². The van der Waals surface area contributed by atoms with Crippen molar-refractivity contribution in [3.8, 4) is 0 Å². The molecule has 1 aliphatic rings. The summed E-state index contributed by atoms with van der Waals surface area (Å²) in [7, 11) is -4.83. The van der Waals surface area contributed by atoms with E-state index in [1.54, 1.807) is 12.1 Å². The van der Waals surface area contributed by atoms with Crippen molar-refractivity contribution in [2.24, 2.45) is 0 Å². The van der Waals surface area contributed by atoms with Gasteiger partial charge in [-0.1, -0.05) is 17.7 Å². The van der Waals surface area contributed by atoms with E-state index in [1.807, 2.05) is 6.92 Å². The smallest absolute Gasteiger partial charge is 0.312 e. The Morgan fingerprint density at radius 1 is 1.24 bits per heavy atom. The second kappa shape index (κ2) is 5.53. The van der Waals surface area contributed by atoms with Crippen molar-refractivity contribution < 1.29 is 22.3 Å². The van der Waals surface area contributed by atoms with Crippen LogP contribution in [0.15, 0.2) is 29.2 Å². The van der Waals surface area contributed by atoms with Crippen LogP contribution in [-0.2, 0) is 23.9 Å². The minimum atomic E-state index is -3.88. The van der Waals surface area contributed by atoms with Crippen LogP contribution in [-0.4, -0.2) is 50.3 Å². The fourth-order valence-electron chi connectivity index (χ4n) is 1.97. The highest BCUT2D eigenvalue weighted by atomic mass is 32.2.